The van der Waals surface area contributed by atoms with E-state index in [2.05, 4.69) is 230 Å². The summed E-state index contributed by atoms with van der Waals surface area (Å²) >= 11 is 0. The lowest BCUT2D eigenvalue weighted by Gasteiger charge is -2.39. The summed E-state index contributed by atoms with van der Waals surface area (Å²) in [4.78, 5) is 2.43. The van der Waals surface area contributed by atoms with Crippen LogP contribution < -0.4 is 9.64 Å². The van der Waals surface area contributed by atoms with Crippen molar-refractivity contribution in [3.8, 4) is 28.3 Å². The Labute approximate surface area is 365 Å². The quantitative estimate of drug-likeness (QED) is 0.177. The first-order valence-electron chi connectivity index (χ1n) is 21.8. The van der Waals surface area contributed by atoms with Gasteiger partial charge in [0.05, 0.1) is 22.1 Å². The molecule has 2 aromatic heterocycles. The average Bonchev–Trinajstić information content (AvgIpc) is 3.96. The molecule has 4 heteroatoms. The number of benzene rings is 9. The highest BCUT2D eigenvalue weighted by molar-refractivity contribution is 6.20. The molecule has 1 aliphatic heterocycles. The fourth-order valence-electron chi connectivity index (χ4n) is 10.9. The Morgan fingerprint density at radius 2 is 1.10 bits per heavy atom. The summed E-state index contributed by atoms with van der Waals surface area (Å²) in [7, 11) is 0. The molecular weight excluding hydrogens is 769 g/mol. The molecule has 4 nitrogen and oxygen atoms in total. The van der Waals surface area contributed by atoms with Crippen molar-refractivity contribution in [2.75, 3.05) is 4.90 Å². The molecule has 9 aromatic carbocycles. The van der Waals surface area contributed by atoms with E-state index in [9.17, 15) is 0 Å². The monoisotopic (exact) mass is 810 g/mol. The smallest absolute Gasteiger partial charge is 0.160 e. The zero-order valence-corrected chi connectivity index (χ0v) is 35.3. The van der Waals surface area contributed by atoms with Crippen molar-refractivity contribution in [1.29, 1.82) is 0 Å². The fraction of sp³-hybridized carbons (Fsp3) is 0.0847. The first-order chi connectivity index (χ1) is 30.9. The summed E-state index contributed by atoms with van der Waals surface area (Å²) in [6.07, 6.45) is 0. The highest BCUT2D eigenvalue weighted by Gasteiger charge is 2.52. The number of aromatic nitrogens is 1. The van der Waals surface area contributed by atoms with E-state index in [1.807, 2.05) is 0 Å². The van der Waals surface area contributed by atoms with Gasteiger partial charge in [0.25, 0.3) is 0 Å². The molecule has 1 aliphatic carbocycles. The first kappa shape index (κ1) is 35.9. The van der Waals surface area contributed by atoms with Gasteiger partial charge < -0.3 is 18.6 Å². The van der Waals surface area contributed by atoms with Crippen LogP contribution in [0.5, 0.6) is 11.5 Å². The number of fused-ring (bicyclic) bond motifs is 16. The molecule has 0 amide bonds. The van der Waals surface area contributed by atoms with Crippen molar-refractivity contribution in [2.24, 2.45) is 0 Å². The first-order valence-corrected chi connectivity index (χ1v) is 21.8. The molecule has 0 unspecified atom stereocenters. The summed E-state index contributed by atoms with van der Waals surface area (Å²) in [5.41, 5.74) is 15.9. The van der Waals surface area contributed by atoms with E-state index in [0.29, 0.717) is 0 Å². The topological polar surface area (TPSA) is 30.5 Å². The summed E-state index contributed by atoms with van der Waals surface area (Å²) in [5.74, 6) is 1.74. The molecule has 11 aromatic rings. The lowest BCUT2D eigenvalue weighted by molar-refractivity contribution is 0.436. The van der Waals surface area contributed by atoms with Gasteiger partial charge in [-0.05, 0) is 106 Å². The number of nitrogens with zero attached hydrogens (tertiary/aromatic N) is 2. The fourth-order valence-corrected chi connectivity index (χ4v) is 10.9. The highest BCUT2D eigenvalue weighted by Crippen LogP contribution is 2.65. The maximum Gasteiger partial charge on any atom is 0.160 e. The maximum absolute atomic E-state index is 7.19. The Bertz CT molecular complexity index is 3600. The number of anilines is 3. The van der Waals surface area contributed by atoms with E-state index in [0.717, 1.165) is 72.8 Å². The number of furan rings is 1. The lowest BCUT2D eigenvalue weighted by atomic mass is 9.66. The largest absolute Gasteiger partial charge is 0.457 e. The van der Waals surface area contributed by atoms with Crippen LogP contribution in [-0.4, -0.2) is 4.57 Å². The van der Waals surface area contributed by atoms with Gasteiger partial charge in [0, 0.05) is 49.7 Å². The van der Waals surface area contributed by atoms with Gasteiger partial charge in [-0.15, -0.1) is 0 Å². The third-order valence-electron chi connectivity index (χ3n) is 13.6. The van der Waals surface area contributed by atoms with Crippen molar-refractivity contribution >= 4 is 60.8 Å². The van der Waals surface area contributed by atoms with Crippen LogP contribution in [0.3, 0.4) is 0 Å². The molecule has 0 saturated heterocycles. The minimum atomic E-state index is -0.673. The molecule has 0 atom stereocenters. The van der Waals surface area contributed by atoms with Crippen molar-refractivity contribution in [1.82, 2.24) is 4.57 Å². The zero-order chi connectivity index (χ0) is 42.0. The molecule has 3 heterocycles. The van der Waals surface area contributed by atoms with Crippen LogP contribution in [0.25, 0.3) is 60.6 Å². The molecule has 300 valence electrons. The standard InChI is InChI=1S/C59H42N2O2/c1-58(2,3)37-29-31-39(32-30-37)60(40-33-34-50-44(35-40)41-19-8-13-25-49(41)61(50)38-17-5-4-6-18-38)51-36-48-55(56-43-21-9-14-26-52(43)63-57(51)56)42-20-7-10-22-45(42)59(48)46-23-11-15-27-53(46)62-54-28-16-12-24-47(54)59/h4-36H,1-3H3. The van der Waals surface area contributed by atoms with Gasteiger partial charge in [0.1, 0.15) is 17.1 Å². The van der Waals surface area contributed by atoms with E-state index in [1.165, 1.54) is 44.1 Å². The Kier molecular flexibility index (Phi) is 7.46. The van der Waals surface area contributed by atoms with Crippen molar-refractivity contribution < 1.29 is 9.15 Å². The van der Waals surface area contributed by atoms with Crippen LogP contribution in [0, 0.1) is 0 Å². The highest BCUT2D eigenvalue weighted by atomic mass is 16.5. The number of para-hydroxylation sites is 5. The second kappa shape index (κ2) is 13.1. The molecule has 1 spiro atoms. The van der Waals surface area contributed by atoms with E-state index in [-0.39, 0.29) is 5.41 Å². The minimum Gasteiger partial charge on any atom is -0.457 e. The van der Waals surface area contributed by atoms with Crippen LogP contribution in [0.15, 0.2) is 205 Å². The summed E-state index contributed by atoms with van der Waals surface area (Å²) < 4.78 is 16.3. The number of hydrogen-bond donors (Lipinski definition) is 0. The van der Waals surface area contributed by atoms with E-state index >= 15 is 0 Å². The van der Waals surface area contributed by atoms with Crippen LogP contribution in [-0.2, 0) is 10.8 Å². The van der Waals surface area contributed by atoms with Crippen LogP contribution in [0.4, 0.5) is 17.1 Å². The molecule has 0 saturated carbocycles. The van der Waals surface area contributed by atoms with Gasteiger partial charge in [0.2, 0.25) is 0 Å². The van der Waals surface area contributed by atoms with E-state index in [1.54, 1.807) is 0 Å². The predicted molar refractivity (Wildman–Crippen MR) is 259 cm³/mol. The molecule has 0 N–H and O–H groups in total. The molecule has 13 rings (SSSR count). The Balaban J connectivity index is 1.18. The van der Waals surface area contributed by atoms with E-state index < -0.39 is 5.41 Å². The van der Waals surface area contributed by atoms with Gasteiger partial charge in [-0.3, -0.25) is 0 Å². The molecule has 0 fully saturated rings. The maximum atomic E-state index is 7.19. The minimum absolute atomic E-state index is 0.0108. The van der Waals surface area contributed by atoms with Gasteiger partial charge in [-0.25, -0.2) is 0 Å². The lowest BCUT2D eigenvalue weighted by Crippen LogP contribution is -2.32. The summed E-state index contributed by atoms with van der Waals surface area (Å²) in [6, 6.07) is 72.6. The van der Waals surface area contributed by atoms with Crippen molar-refractivity contribution in [2.45, 2.75) is 31.6 Å². The Morgan fingerprint density at radius 3 is 1.84 bits per heavy atom. The van der Waals surface area contributed by atoms with Crippen LogP contribution in [0.1, 0.15) is 48.6 Å². The number of rotatable bonds is 4. The predicted octanol–water partition coefficient (Wildman–Crippen LogP) is 15.9. The summed E-state index contributed by atoms with van der Waals surface area (Å²) in [5, 5.41) is 4.59. The SMILES string of the molecule is CC(C)(C)c1ccc(N(c2ccc3c(c2)c2ccccc2n3-c2ccccc2)c2cc3c(c4c2oc2ccccc24)-c2ccccc2C32c3ccccc3Oc3ccccc32)cc1. The third-order valence-corrected chi connectivity index (χ3v) is 13.6. The zero-order valence-electron chi connectivity index (χ0n) is 35.3. The van der Waals surface area contributed by atoms with Gasteiger partial charge in [0.15, 0.2) is 5.58 Å². The second-order valence-electron chi connectivity index (χ2n) is 18.0. The molecule has 63 heavy (non-hydrogen) atoms. The molecule has 2 aliphatic rings. The molecular formula is C59H42N2O2. The number of hydrogen-bond acceptors (Lipinski definition) is 3. The van der Waals surface area contributed by atoms with Crippen molar-refractivity contribution in [3.05, 3.63) is 228 Å². The second-order valence-corrected chi connectivity index (χ2v) is 18.0. The number of ether oxygens (including phenoxy) is 1. The molecule has 0 bridgehead atoms. The van der Waals surface area contributed by atoms with Crippen LogP contribution in [0.2, 0.25) is 0 Å². The van der Waals surface area contributed by atoms with Crippen LogP contribution >= 0.6 is 0 Å². The molecule has 0 radical (unpaired) electrons. The summed E-state index contributed by atoms with van der Waals surface area (Å²) in [6.45, 7) is 6.82. The third kappa shape index (κ3) is 4.98. The van der Waals surface area contributed by atoms with Gasteiger partial charge in [-0.1, -0.05) is 148 Å². The normalized spacial score (nSPS) is 13.6. The van der Waals surface area contributed by atoms with E-state index in [4.69, 9.17) is 9.15 Å². The van der Waals surface area contributed by atoms with Crippen molar-refractivity contribution in [3.63, 3.8) is 0 Å². The Morgan fingerprint density at radius 1 is 0.492 bits per heavy atom. The van der Waals surface area contributed by atoms with Gasteiger partial charge >= 0.3 is 0 Å². The van der Waals surface area contributed by atoms with Gasteiger partial charge in [-0.2, -0.15) is 0 Å². The Hall–Kier alpha value is -7.82. The average molecular weight is 811 g/mol.